The van der Waals surface area contributed by atoms with E-state index in [9.17, 15) is 4.79 Å². The summed E-state index contributed by atoms with van der Waals surface area (Å²) >= 11 is 0. The molecule has 3 nitrogen and oxygen atoms in total. The molecule has 18 heavy (non-hydrogen) atoms. The standard InChI is InChI=1S/C15H20N2O/c1-4-5-6-7-12-11(3)17-15-13(14(12)18)9-8-10(2)16-15/h8-9H,4-7H2,1-3H3,(H,16,17,18). The van der Waals surface area contributed by atoms with Crippen molar-refractivity contribution in [1.29, 1.82) is 0 Å². The average molecular weight is 244 g/mol. The highest BCUT2D eigenvalue weighted by atomic mass is 16.1. The van der Waals surface area contributed by atoms with Gasteiger partial charge in [-0.3, -0.25) is 4.79 Å². The van der Waals surface area contributed by atoms with Crippen LogP contribution in [0, 0.1) is 13.8 Å². The summed E-state index contributed by atoms with van der Waals surface area (Å²) in [5.41, 5.74) is 3.65. The number of aromatic amines is 1. The van der Waals surface area contributed by atoms with Gasteiger partial charge in [0.05, 0.1) is 5.39 Å². The van der Waals surface area contributed by atoms with Gasteiger partial charge >= 0.3 is 0 Å². The van der Waals surface area contributed by atoms with Crippen LogP contribution < -0.4 is 5.43 Å². The third kappa shape index (κ3) is 2.45. The van der Waals surface area contributed by atoms with Crippen LogP contribution in [0.15, 0.2) is 16.9 Å². The maximum atomic E-state index is 12.4. The van der Waals surface area contributed by atoms with Crippen LogP contribution in [0.3, 0.4) is 0 Å². The van der Waals surface area contributed by atoms with Gasteiger partial charge in [-0.1, -0.05) is 19.8 Å². The minimum absolute atomic E-state index is 0.143. The van der Waals surface area contributed by atoms with Crippen molar-refractivity contribution in [1.82, 2.24) is 9.97 Å². The second-order valence-electron chi connectivity index (χ2n) is 4.86. The SMILES string of the molecule is CCCCCc1c(C)[nH]c2nc(C)ccc2c1=O. The molecule has 0 spiro atoms. The topological polar surface area (TPSA) is 45.8 Å². The highest BCUT2D eigenvalue weighted by molar-refractivity contribution is 5.75. The third-order valence-electron chi connectivity index (χ3n) is 3.34. The Hall–Kier alpha value is -1.64. The van der Waals surface area contributed by atoms with Crippen LogP contribution >= 0.6 is 0 Å². The zero-order valence-corrected chi connectivity index (χ0v) is 11.3. The Morgan fingerprint density at radius 1 is 1.22 bits per heavy atom. The van der Waals surface area contributed by atoms with E-state index in [4.69, 9.17) is 0 Å². The third-order valence-corrected chi connectivity index (χ3v) is 3.34. The van der Waals surface area contributed by atoms with E-state index in [1.165, 1.54) is 12.8 Å². The van der Waals surface area contributed by atoms with Crippen molar-refractivity contribution in [3.05, 3.63) is 39.3 Å². The maximum absolute atomic E-state index is 12.4. The number of rotatable bonds is 4. The molecule has 0 aliphatic rings. The number of H-pyrrole nitrogens is 1. The van der Waals surface area contributed by atoms with Gasteiger partial charge in [0.1, 0.15) is 5.65 Å². The second kappa shape index (κ2) is 5.34. The molecule has 0 unspecified atom stereocenters. The molecule has 0 aliphatic carbocycles. The van der Waals surface area contributed by atoms with Gasteiger partial charge in [-0.2, -0.15) is 0 Å². The van der Waals surface area contributed by atoms with Gasteiger partial charge in [0, 0.05) is 17.0 Å². The molecule has 0 amide bonds. The monoisotopic (exact) mass is 244 g/mol. The first kappa shape index (κ1) is 12.8. The minimum Gasteiger partial charge on any atom is -0.343 e. The van der Waals surface area contributed by atoms with Gasteiger partial charge < -0.3 is 4.98 Å². The number of nitrogens with one attached hydrogen (secondary N) is 1. The Balaban J connectivity index is 2.48. The molecule has 0 aliphatic heterocycles. The van der Waals surface area contributed by atoms with Gasteiger partial charge in [-0.05, 0) is 38.8 Å². The van der Waals surface area contributed by atoms with E-state index in [2.05, 4.69) is 16.9 Å². The van der Waals surface area contributed by atoms with Crippen molar-refractivity contribution >= 4 is 11.0 Å². The molecule has 0 atom stereocenters. The van der Waals surface area contributed by atoms with Crippen molar-refractivity contribution in [2.75, 3.05) is 0 Å². The highest BCUT2D eigenvalue weighted by Gasteiger charge is 2.09. The number of unbranched alkanes of at least 4 members (excludes halogenated alkanes) is 2. The summed E-state index contributed by atoms with van der Waals surface area (Å²) in [6, 6.07) is 3.77. The van der Waals surface area contributed by atoms with Crippen molar-refractivity contribution < 1.29 is 0 Å². The fourth-order valence-electron chi connectivity index (χ4n) is 2.27. The van der Waals surface area contributed by atoms with Crippen LogP contribution in [0.4, 0.5) is 0 Å². The summed E-state index contributed by atoms with van der Waals surface area (Å²) in [5.74, 6) is 0. The lowest BCUT2D eigenvalue weighted by atomic mass is 10.0. The fourth-order valence-corrected chi connectivity index (χ4v) is 2.27. The van der Waals surface area contributed by atoms with E-state index in [0.29, 0.717) is 11.0 Å². The number of pyridine rings is 2. The predicted molar refractivity (Wildman–Crippen MR) is 75.1 cm³/mol. The van der Waals surface area contributed by atoms with Gasteiger partial charge in [-0.25, -0.2) is 4.98 Å². The molecular formula is C15H20N2O. The van der Waals surface area contributed by atoms with Gasteiger partial charge in [-0.15, -0.1) is 0 Å². The number of fused-ring (bicyclic) bond motifs is 1. The molecule has 1 N–H and O–H groups in total. The number of nitrogens with zero attached hydrogens (tertiary/aromatic N) is 1. The lowest BCUT2D eigenvalue weighted by molar-refractivity contribution is 0.711. The number of aromatic nitrogens is 2. The molecule has 2 aromatic heterocycles. The average Bonchev–Trinajstić information content (AvgIpc) is 2.33. The molecule has 0 saturated carbocycles. The summed E-state index contributed by atoms with van der Waals surface area (Å²) in [5, 5.41) is 0.706. The molecule has 0 aromatic carbocycles. The van der Waals surface area contributed by atoms with Crippen molar-refractivity contribution in [2.45, 2.75) is 46.5 Å². The molecule has 96 valence electrons. The van der Waals surface area contributed by atoms with Crippen molar-refractivity contribution in [2.24, 2.45) is 0 Å². The molecule has 2 heterocycles. The number of aryl methyl sites for hydroxylation is 2. The lowest BCUT2D eigenvalue weighted by Crippen LogP contribution is -2.14. The molecule has 0 saturated heterocycles. The zero-order chi connectivity index (χ0) is 13.1. The first-order valence-corrected chi connectivity index (χ1v) is 6.62. The molecule has 2 aromatic rings. The normalized spacial score (nSPS) is 11.1. The Labute approximate surface area is 107 Å². The van der Waals surface area contributed by atoms with Crippen LogP contribution in [-0.4, -0.2) is 9.97 Å². The Bertz CT molecular complexity index is 614. The van der Waals surface area contributed by atoms with E-state index < -0.39 is 0 Å². The van der Waals surface area contributed by atoms with E-state index in [1.807, 2.05) is 26.0 Å². The molecule has 0 bridgehead atoms. The van der Waals surface area contributed by atoms with E-state index in [1.54, 1.807) is 0 Å². The van der Waals surface area contributed by atoms with Crippen LogP contribution in [0.25, 0.3) is 11.0 Å². The fraction of sp³-hybridized carbons (Fsp3) is 0.467. The van der Waals surface area contributed by atoms with Crippen LogP contribution in [0.1, 0.15) is 43.1 Å². The molecule has 0 radical (unpaired) electrons. The van der Waals surface area contributed by atoms with Gasteiger partial charge in [0.2, 0.25) is 0 Å². The largest absolute Gasteiger partial charge is 0.343 e. The zero-order valence-electron chi connectivity index (χ0n) is 11.3. The highest BCUT2D eigenvalue weighted by Crippen LogP contribution is 2.12. The van der Waals surface area contributed by atoms with E-state index >= 15 is 0 Å². The van der Waals surface area contributed by atoms with Gasteiger partial charge in [0.25, 0.3) is 0 Å². The summed E-state index contributed by atoms with van der Waals surface area (Å²) in [6.07, 6.45) is 4.28. The van der Waals surface area contributed by atoms with Crippen LogP contribution in [-0.2, 0) is 6.42 Å². The summed E-state index contributed by atoms with van der Waals surface area (Å²) in [4.78, 5) is 20.0. The Kier molecular flexibility index (Phi) is 3.80. The summed E-state index contributed by atoms with van der Waals surface area (Å²) in [7, 11) is 0. The van der Waals surface area contributed by atoms with E-state index in [-0.39, 0.29) is 5.43 Å². The number of hydrogen-bond donors (Lipinski definition) is 1. The van der Waals surface area contributed by atoms with Gasteiger partial charge in [0.15, 0.2) is 5.43 Å². The quantitative estimate of drug-likeness (QED) is 0.839. The Morgan fingerprint density at radius 3 is 2.72 bits per heavy atom. The maximum Gasteiger partial charge on any atom is 0.194 e. The lowest BCUT2D eigenvalue weighted by Gasteiger charge is -2.07. The minimum atomic E-state index is 0.143. The summed E-state index contributed by atoms with van der Waals surface area (Å²) < 4.78 is 0. The second-order valence-corrected chi connectivity index (χ2v) is 4.86. The smallest absolute Gasteiger partial charge is 0.194 e. The molecule has 2 rings (SSSR count). The first-order valence-electron chi connectivity index (χ1n) is 6.62. The first-order chi connectivity index (χ1) is 8.63. The van der Waals surface area contributed by atoms with Crippen molar-refractivity contribution in [3.63, 3.8) is 0 Å². The summed E-state index contributed by atoms with van der Waals surface area (Å²) in [6.45, 7) is 6.07. The Morgan fingerprint density at radius 2 is 2.00 bits per heavy atom. The molecular weight excluding hydrogens is 224 g/mol. The van der Waals surface area contributed by atoms with Crippen LogP contribution in [0.5, 0.6) is 0 Å². The van der Waals surface area contributed by atoms with E-state index in [0.717, 1.165) is 29.8 Å². The van der Waals surface area contributed by atoms with Crippen molar-refractivity contribution in [3.8, 4) is 0 Å². The van der Waals surface area contributed by atoms with Crippen LogP contribution in [0.2, 0.25) is 0 Å². The number of hydrogen-bond acceptors (Lipinski definition) is 2. The molecule has 3 heteroatoms. The molecule has 0 fully saturated rings. The predicted octanol–water partition coefficient (Wildman–Crippen LogP) is 3.27.